The highest BCUT2D eigenvalue weighted by Crippen LogP contribution is 2.37. The van der Waals surface area contributed by atoms with E-state index in [0.29, 0.717) is 18.1 Å². The number of carbonyl (C=O) groups excluding carboxylic acids is 2. The maximum absolute atomic E-state index is 12.3. The van der Waals surface area contributed by atoms with E-state index < -0.39 is 0 Å². The molecule has 1 aliphatic heterocycles. The highest BCUT2D eigenvalue weighted by atomic mass is 35.5. The third-order valence-corrected chi connectivity index (χ3v) is 4.02. The number of likely N-dealkylation sites (tertiary alicyclic amines) is 1. The maximum Gasteiger partial charge on any atom is 0.226 e. The average Bonchev–Trinajstić information content (AvgIpc) is 2.75. The molecule has 0 bridgehead atoms. The van der Waals surface area contributed by atoms with Crippen LogP contribution in [0.5, 0.6) is 0 Å². The van der Waals surface area contributed by atoms with E-state index in [4.69, 9.17) is 11.6 Å². The Morgan fingerprint density at radius 2 is 2.14 bits per heavy atom. The monoisotopic (exact) mass is 345 g/mol. The van der Waals surface area contributed by atoms with Crippen LogP contribution in [0.25, 0.3) is 0 Å². The van der Waals surface area contributed by atoms with Crippen LogP contribution >= 0.6 is 24.0 Å². The van der Waals surface area contributed by atoms with Crippen LogP contribution in [0.4, 0.5) is 0 Å². The number of likely N-dealkylation sites (N-methyl/N-ethyl adjacent to an activating group) is 1. The Hall–Kier alpha value is -1.30. The molecule has 7 heteroatoms. The second kappa shape index (κ2) is 8.36. The number of nitrogens with one attached hydrogen (secondary N) is 2. The topological polar surface area (TPSA) is 61.4 Å². The summed E-state index contributed by atoms with van der Waals surface area (Å²) < 4.78 is 0. The van der Waals surface area contributed by atoms with Crippen molar-refractivity contribution in [1.29, 1.82) is 0 Å². The second-order valence-corrected chi connectivity index (χ2v) is 5.65. The molecule has 5 nitrogen and oxygen atoms in total. The molecule has 122 valence electrons. The maximum atomic E-state index is 12.3. The molecule has 2 unspecified atom stereocenters. The van der Waals surface area contributed by atoms with Crippen molar-refractivity contribution in [3.8, 4) is 0 Å². The summed E-state index contributed by atoms with van der Waals surface area (Å²) in [4.78, 5) is 26.0. The van der Waals surface area contributed by atoms with Crippen LogP contribution in [0.1, 0.15) is 18.0 Å². The summed E-state index contributed by atoms with van der Waals surface area (Å²) in [5, 5.41) is 6.45. The molecule has 2 N–H and O–H groups in total. The summed E-state index contributed by atoms with van der Waals surface area (Å²) in [6, 6.07) is 7.08. The van der Waals surface area contributed by atoms with Gasteiger partial charge in [-0.3, -0.25) is 9.59 Å². The molecule has 1 fully saturated rings. The van der Waals surface area contributed by atoms with Crippen molar-refractivity contribution in [3.05, 3.63) is 34.9 Å². The SMILES string of the molecule is CNCCNC(=O)C1CC(=O)N(C)C1c1cccc(Cl)c1.Cl. The molecule has 2 rings (SSSR count). The molecule has 0 radical (unpaired) electrons. The first-order valence-corrected chi connectivity index (χ1v) is 7.36. The lowest BCUT2D eigenvalue weighted by Crippen LogP contribution is -2.37. The normalized spacial score (nSPS) is 20.7. The Morgan fingerprint density at radius 3 is 2.77 bits per heavy atom. The molecule has 1 aromatic carbocycles. The van der Waals surface area contributed by atoms with Crippen molar-refractivity contribution in [2.75, 3.05) is 27.2 Å². The Kier molecular flexibility index (Phi) is 7.13. The summed E-state index contributed by atoms with van der Waals surface area (Å²) in [5.74, 6) is -0.487. The molecule has 1 aliphatic rings. The number of nitrogens with zero attached hydrogens (tertiary/aromatic N) is 1. The Morgan fingerprint density at radius 1 is 1.41 bits per heavy atom. The van der Waals surface area contributed by atoms with Gasteiger partial charge in [0.2, 0.25) is 11.8 Å². The van der Waals surface area contributed by atoms with Crippen LogP contribution in [0, 0.1) is 5.92 Å². The van der Waals surface area contributed by atoms with Crippen molar-refractivity contribution < 1.29 is 9.59 Å². The largest absolute Gasteiger partial charge is 0.354 e. The lowest BCUT2D eigenvalue weighted by molar-refractivity contribution is -0.128. The van der Waals surface area contributed by atoms with Crippen LogP contribution in [0.3, 0.4) is 0 Å². The van der Waals surface area contributed by atoms with Gasteiger partial charge in [0.1, 0.15) is 0 Å². The van der Waals surface area contributed by atoms with Gasteiger partial charge in [-0.15, -0.1) is 12.4 Å². The van der Waals surface area contributed by atoms with Gasteiger partial charge in [0.25, 0.3) is 0 Å². The molecule has 22 heavy (non-hydrogen) atoms. The molecule has 1 heterocycles. The number of halogens is 2. The van der Waals surface area contributed by atoms with E-state index in [9.17, 15) is 9.59 Å². The molecule has 2 atom stereocenters. The first-order chi connectivity index (χ1) is 10.0. The fourth-order valence-corrected chi connectivity index (χ4v) is 2.89. The van der Waals surface area contributed by atoms with Crippen LogP contribution in [0.15, 0.2) is 24.3 Å². The zero-order chi connectivity index (χ0) is 15.4. The minimum atomic E-state index is -0.377. The predicted molar refractivity (Wildman–Crippen MR) is 89.3 cm³/mol. The van der Waals surface area contributed by atoms with Gasteiger partial charge in [-0.05, 0) is 24.7 Å². The Labute approximate surface area is 141 Å². The van der Waals surface area contributed by atoms with Gasteiger partial charge in [0, 0.05) is 31.6 Å². The summed E-state index contributed by atoms with van der Waals surface area (Å²) >= 11 is 6.02. The fourth-order valence-electron chi connectivity index (χ4n) is 2.69. The predicted octanol–water partition coefficient (Wildman–Crippen LogP) is 1.62. The van der Waals surface area contributed by atoms with Gasteiger partial charge < -0.3 is 15.5 Å². The molecule has 0 spiro atoms. The van der Waals surface area contributed by atoms with Gasteiger partial charge in [-0.2, -0.15) is 0 Å². The summed E-state index contributed by atoms with van der Waals surface area (Å²) in [6.45, 7) is 1.25. The minimum absolute atomic E-state index is 0. The fraction of sp³-hybridized carbons (Fsp3) is 0.467. The van der Waals surface area contributed by atoms with Crippen LogP contribution in [-0.4, -0.2) is 43.9 Å². The molecule has 0 aromatic heterocycles. The third kappa shape index (κ3) is 4.12. The highest BCUT2D eigenvalue weighted by molar-refractivity contribution is 6.30. The Bertz CT molecular complexity index is 539. The van der Waals surface area contributed by atoms with Gasteiger partial charge in [-0.25, -0.2) is 0 Å². The van der Waals surface area contributed by atoms with Crippen molar-refractivity contribution in [3.63, 3.8) is 0 Å². The molecular weight excluding hydrogens is 325 g/mol. The van der Waals surface area contributed by atoms with Crippen molar-refractivity contribution in [1.82, 2.24) is 15.5 Å². The molecule has 0 saturated carbocycles. The van der Waals surface area contributed by atoms with E-state index in [-0.39, 0.29) is 42.6 Å². The van der Waals surface area contributed by atoms with E-state index in [2.05, 4.69) is 10.6 Å². The average molecular weight is 346 g/mol. The first kappa shape index (κ1) is 18.7. The summed E-state index contributed by atoms with van der Waals surface area (Å²) in [7, 11) is 3.56. The van der Waals surface area contributed by atoms with E-state index in [1.54, 1.807) is 18.0 Å². The van der Waals surface area contributed by atoms with E-state index in [0.717, 1.165) is 5.56 Å². The van der Waals surface area contributed by atoms with E-state index >= 15 is 0 Å². The van der Waals surface area contributed by atoms with E-state index in [1.807, 2.05) is 25.2 Å². The van der Waals surface area contributed by atoms with Crippen LogP contribution in [0.2, 0.25) is 5.02 Å². The van der Waals surface area contributed by atoms with Gasteiger partial charge in [0.15, 0.2) is 0 Å². The smallest absolute Gasteiger partial charge is 0.226 e. The lowest BCUT2D eigenvalue weighted by atomic mass is 9.93. The van der Waals surface area contributed by atoms with Crippen molar-refractivity contribution in [2.45, 2.75) is 12.5 Å². The molecule has 1 saturated heterocycles. The summed E-state index contributed by atoms with van der Waals surface area (Å²) in [5.41, 5.74) is 0.893. The highest BCUT2D eigenvalue weighted by Gasteiger charge is 2.42. The molecular formula is C15H21Cl2N3O2. The number of carbonyl (C=O) groups is 2. The van der Waals surface area contributed by atoms with Crippen LogP contribution in [-0.2, 0) is 9.59 Å². The summed E-state index contributed by atoms with van der Waals surface area (Å²) in [6.07, 6.45) is 0.235. The van der Waals surface area contributed by atoms with Crippen molar-refractivity contribution in [2.24, 2.45) is 5.92 Å². The Balaban J connectivity index is 0.00000242. The quantitative estimate of drug-likeness (QED) is 0.797. The molecule has 1 aromatic rings. The molecule has 0 aliphatic carbocycles. The molecule has 2 amide bonds. The second-order valence-electron chi connectivity index (χ2n) is 5.21. The number of rotatable bonds is 5. The van der Waals surface area contributed by atoms with E-state index in [1.165, 1.54) is 0 Å². The van der Waals surface area contributed by atoms with Crippen molar-refractivity contribution >= 4 is 35.8 Å². The zero-order valence-corrected chi connectivity index (χ0v) is 14.2. The van der Waals surface area contributed by atoms with Gasteiger partial charge >= 0.3 is 0 Å². The van der Waals surface area contributed by atoms with Gasteiger partial charge in [-0.1, -0.05) is 23.7 Å². The minimum Gasteiger partial charge on any atom is -0.354 e. The van der Waals surface area contributed by atoms with Gasteiger partial charge in [0.05, 0.1) is 12.0 Å². The zero-order valence-electron chi connectivity index (χ0n) is 12.6. The standard InChI is InChI=1S/C15H20ClN3O2.ClH/c1-17-6-7-18-15(21)12-9-13(20)19(2)14(12)10-4-3-5-11(16)8-10;/h3-5,8,12,14,17H,6-7,9H2,1-2H3,(H,18,21);1H. The number of hydrogen-bond donors (Lipinski definition) is 2. The number of benzene rings is 1. The third-order valence-electron chi connectivity index (χ3n) is 3.79. The number of amides is 2. The first-order valence-electron chi connectivity index (χ1n) is 6.98. The lowest BCUT2D eigenvalue weighted by Gasteiger charge is -2.25. The van der Waals surface area contributed by atoms with Crippen LogP contribution < -0.4 is 10.6 Å². The number of hydrogen-bond acceptors (Lipinski definition) is 3.